The summed E-state index contributed by atoms with van der Waals surface area (Å²) in [6, 6.07) is 5.97. The van der Waals surface area contributed by atoms with Crippen LogP contribution in [0.4, 0.5) is 11.6 Å². The van der Waals surface area contributed by atoms with Gasteiger partial charge < -0.3 is 5.32 Å². The monoisotopic (exact) mass is 427 g/mol. The van der Waals surface area contributed by atoms with Crippen molar-refractivity contribution in [1.82, 2.24) is 14.8 Å². The van der Waals surface area contributed by atoms with E-state index in [4.69, 9.17) is 5.10 Å². The Morgan fingerprint density at radius 3 is 2.77 bits per heavy atom. The SMILES string of the molecule is CCCCCCSc1nc2n(n1)[C@@H](c1ccc([N+](=O)[O-])cc1)C1=C(CCCC1=O)N2. The highest BCUT2D eigenvalue weighted by Gasteiger charge is 2.37. The first-order valence-corrected chi connectivity index (χ1v) is 11.4. The van der Waals surface area contributed by atoms with Crippen LogP contribution in [-0.4, -0.2) is 31.2 Å². The van der Waals surface area contributed by atoms with Gasteiger partial charge in [0, 0.05) is 35.6 Å². The Balaban J connectivity index is 1.65. The second kappa shape index (κ2) is 8.99. The van der Waals surface area contributed by atoms with Crippen LogP contribution in [0, 0.1) is 10.1 Å². The molecular formula is C21H25N5O3S. The van der Waals surface area contributed by atoms with E-state index in [2.05, 4.69) is 17.2 Å². The number of nitro benzene ring substituents is 1. The maximum absolute atomic E-state index is 12.8. The number of anilines is 1. The third-order valence-electron chi connectivity index (χ3n) is 5.50. The number of nitrogens with one attached hydrogen (secondary N) is 1. The number of ketones is 1. The van der Waals surface area contributed by atoms with Gasteiger partial charge in [-0.2, -0.15) is 4.98 Å². The maximum atomic E-state index is 12.8. The summed E-state index contributed by atoms with van der Waals surface area (Å²) in [6.07, 6.45) is 6.86. The second-order valence-corrected chi connectivity index (χ2v) is 8.68. The number of aromatic nitrogens is 3. The van der Waals surface area contributed by atoms with Crippen LogP contribution in [0.3, 0.4) is 0 Å². The van der Waals surface area contributed by atoms with E-state index in [1.54, 1.807) is 28.6 Å². The fraction of sp³-hybridized carbons (Fsp3) is 0.476. The predicted molar refractivity (Wildman–Crippen MR) is 116 cm³/mol. The van der Waals surface area contributed by atoms with Gasteiger partial charge in [-0.3, -0.25) is 14.9 Å². The van der Waals surface area contributed by atoms with E-state index < -0.39 is 11.0 Å². The lowest BCUT2D eigenvalue weighted by Gasteiger charge is -2.32. The Morgan fingerprint density at radius 2 is 2.03 bits per heavy atom. The Labute approximate surface area is 179 Å². The van der Waals surface area contributed by atoms with Crippen molar-refractivity contribution in [2.45, 2.75) is 63.1 Å². The number of hydrogen-bond acceptors (Lipinski definition) is 7. The smallest absolute Gasteiger partial charge is 0.269 e. The fourth-order valence-electron chi connectivity index (χ4n) is 3.98. The summed E-state index contributed by atoms with van der Waals surface area (Å²) in [4.78, 5) is 28.1. The number of thioether (sulfide) groups is 1. The molecule has 2 aromatic rings. The van der Waals surface area contributed by atoms with Gasteiger partial charge in [0.15, 0.2) is 5.78 Å². The standard InChI is InChI=1S/C21H25N5O3S/c1-2-3-4-5-13-30-21-23-20-22-16-7-6-8-17(27)18(16)19(25(20)24-21)14-9-11-15(12-10-14)26(28)29/h9-12,19H,2-8,13H2,1H3,(H,22,23,24)/t19-/m0/s1. The van der Waals surface area contributed by atoms with Crippen molar-refractivity contribution in [3.05, 3.63) is 51.2 Å². The van der Waals surface area contributed by atoms with Crippen LogP contribution < -0.4 is 5.32 Å². The van der Waals surface area contributed by atoms with Gasteiger partial charge in [0.2, 0.25) is 11.1 Å². The van der Waals surface area contributed by atoms with E-state index in [1.165, 1.54) is 31.4 Å². The lowest BCUT2D eigenvalue weighted by molar-refractivity contribution is -0.384. The molecule has 30 heavy (non-hydrogen) atoms. The molecule has 0 radical (unpaired) electrons. The molecule has 1 aromatic carbocycles. The van der Waals surface area contributed by atoms with Crippen molar-refractivity contribution in [1.29, 1.82) is 0 Å². The average molecular weight is 428 g/mol. The number of rotatable bonds is 8. The summed E-state index contributed by atoms with van der Waals surface area (Å²) in [6.45, 7) is 2.19. The predicted octanol–water partition coefficient (Wildman–Crippen LogP) is 4.88. The number of allylic oxidation sites excluding steroid dienone is 2. The van der Waals surface area contributed by atoms with Gasteiger partial charge in [0.1, 0.15) is 6.04 Å². The first kappa shape index (κ1) is 20.6. The number of fused-ring (bicyclic) bond motifs is 1. The van der Waals surface area contributed by atoms with Crippen LogP contribution in [0.5, 0.6) is 0 Å². The van der Waals surface area contributed by atoms with Gasteiger partial charge in [-0.15, -0.1) is 5.10 Å². The molecule has 2 heterocycles. The molecule has 158 valence electrons. The molecule has 0 saturated carbocycles. The first-order chi connectivity index (χ1) is 14.6. The van der Waals surface area contributed by atoms with Crippen LogP contribution in [0.25, 0.3) is 0 Å². The normalized spacial score (nSPS) is 18.0. The van der Waals surface area contributed by atoms with Crippen LogP contribution >= 0.6 is 11.8 Å². The van der Waals surface area contributed by atoms with E-state index in [9.17, 15) is 14.9 Å². The largest absolute Gasteiger partial charge is 0.328 e. The third kappa shape index (κ3) is 4.12. The fourth-order valence-corrected chi connectivity index (χ4v) is 4.80. The molecule has 1 atom stereocenters. The van der Waals surface area contributed by atoms with Crippen LogP contribution in [0.1, 0.15) is 63.5 Å². The van der Waals surface area contributed by atoms with Gasteiger partial charge in [0.05, 0.1) is 4.92 Å². The molecule has 1 N–H and O–H groups in total. The van der Waals surface area contributed by atoms with E-state index in [-0.39, 0.29) is 11.5 Å². The van der Waals surface area contributed by atoms with Crippen molar-refractivity contribution < 1.29 is 9.72 Å². The van der Waals surface area contributed by atoms with E-state index in [0.717, 1.165) is 36.3 Å². The summed E-state index contributed by atoms with van der Waals surface area (Å²) < 4.78 is 1.76. The molecule has 1 aliphatic heterocycles. The molecule has 1 aromatic heterocycles. The minimum absolute atomic E-state index is 0.0268. The van der Waals surface area contributed by atoms with Crippen molar-refractivity contribution in [3.8, 4) is 0 Å². The summed E-state index contributed by atoms with van der Waals surface area (Å²) in [7, 11) is 0. The van der Waals surface area contributed by atoms with Crippen LogP contribution in [-0.2, 0) is 4.79 Å². The molecule has 8 nitrogen and oxygen atoms in total. The summed E-state index contributed by atoms with van der Waals surface area (Å²) in [5.41, 5.74) is 2.43. The van der Waals surface area contributed by atoms with Gasteiger partial charge in [-0.05, 0) is 37.0 Å². The van der Waals surface area contributed by atoms with Gasteiger partial charge in [-0.1, -0.05) is 37.9 Å². The number of nitrogens with zero attached hydrogens (tertiary/aromatic N) is 4. The van der Waals surface area contributed by atoms with Gasteiger partial charge in [0.25, 0.3) is 5.69 Å². The third-order valence-corrected chi connectivity index (χ3v) is 6.42. The zero-order valence-corrected chi connectivity index (χ0v) is 17.8. The number of nitro groups is 1. The van der Waals surface area contributed by atoms with Crippen molar-refractivity contribution >= 4 is 29.2 Å². The Morgan fingerprint density at radius 1 is 1.23 bits per heavy atom. The number of Topliss-reactive ketones (excluding diaryl/α,β-unsaturated/α-hetero) is 1. The average Bonchev–Trinajstić information content (AvgIpc) is 3.14. The zero-order chi connectivity index (χ0) is 21.1. The van der Waals surface area contributed by atoms with Gasteiger partial charge >= 0.3 is 0 Å². The Kier molecular flexibility index (Phi) is 6.17. The molecule has 4 rings (SSSR count). The highest BCUT2D eigenvalue weighted by Crippen LogP contribution is 2.40. The highest BCUT2D eigenvalue weighted by molar-refractivity contribution is 7.99. The molecule has 1 aliphatic carbocycles. The maximum Gasteiger partial charge on any atom is 0.269 e. The van der Waals surface area contributed by atoms with E-state index in [1.807, 2.05) is 0 Å². The van der Waals surface area contributed by atoms with Crippen molar-refractivity contribution in [3.63, 3.8) is 0 Å². The lowest BCUT2D eigenvalue weighted by Crippen LogP contribution is -2.31. The minimum atomic E-state index is -0.420. The molecule has 0 unspecified atom stereocenters. The molecule has 9 heteroatoms. The number of hydrogen-bond donors (Lipinski definition) is 1. The zero-order valence-electron chi connectivity index (χ0n) is 17.0. The molecule has 0 spiro atoms. The highest BCUT2D eigenvalue weighted by atomic mass is 32.2. The lowest BCUT2D eigenvalue weighted by atomic mass is 9.85. The molecule has 0 amide bonds. The molecule has 0 saturated heterocycles. The van der Waals surface area contributed by atoms with Crippen molar-refractivity contribution in [2.24, 2.45) is 0 Å². The number of carbonyl (C=O) groups is 1. The van der Waals surface area contributed by atoms with E-state index in [0.29, 0.717) is 23.1 Å². The summed E-state index contributed by atoms with van der Waals surface area (Å²) >= 11 is 1.63. The Hall–Kier alpha value is -2.68. The molecule has 0 bridgehead atoms. The van der Waals surface area contributed by atoms with Gasteiger partial charge in [-0.25, -0.2) is 4.68 Å². The first-order valence-electron chi connectivity index (χ1n) is 10.5. The quantitative estimate of drug-likeness (QED) is 0.277. The summed E-state index contributed by atoms with van der Waals surface area (Å²) in [5, 5.41) is 19.7. The topological polar surface area (TPSA) is 103 Å². The van der Waals surface area contributed by atoms with E-state index >= 15 is 0 Å². The number of non-ortho nitro benzene ring substituents is 1. The van der Waals surface area contributed by atoms with Crippen molar-refractivity contribution in [2.75, 3.05) is 11.1 Å². The molecular weight excluding hydrogens is 402 g/mol. The minimum Gasteiger partial charge on any atom is -0.328 e. The number of unbranched alkanes of at least 4 members (excludes halogenated alkanes) is 3. The summed E-state index contributed by atoms with van der Waals surface area (Å²) in [5.74, 6) is 1.68. The van der Waals surface area contributed by atoms with Crippen LogP contribution in [0.15, 0.2) is 40.7 Å². The second-order valence-electron chi connectivity index (χ2n) is 7.62. The molecule has 0 fully saturated rings. The Bertz CT molecular complexity index is 983. The van der Waals surface area contributed by atoms with Crippen LogP contribution in [0.2, 0.25) is 0 Å². The molecule has 2 aliphatic rings. The number of benzene rings is 1. The number of carbonyl (C=O) groups excluding carboxylic acids is 1.